The van der Waals surface area contributed by atoms with E-state index in [0.717, 1.165) is 28.9 Å². The highest BCUT2D eigenvalue weighted by Crippen LogP contribution is 2.26. The molecule has 0 bridgehead atoms. The van der Waals surface area contributed by atoms with Crippen LogP contribution in [0, 0.1) is 0 Å². The summed E-state index contributed by atoms with van der Waals surface area (Å²) in [5.41, 5.74) is 1.58. The van der Waals surface area contributed by atoms with Crippen LogP contribution in [0.25, 0.3) is 6.08 Å². The fourth-order valence-corrected chi connectivity index (χ4v) is 1.37. The number of ether oxygens (including phenoxy) is 2. The summed E-state index contributed by atoms with van der Waals surface area (Å²) in [4.78, 5) is 10.8. The minimum absolute atomic E-state index is 0.698. The third-order valence-corrected chi connectivity index (χ3v) is 2.34. The number of allylic oxidation sites excluding steroid dienone is 1. The number of rotatable bonds is 5. The Bertz CT molecular complexity index is 394. The third-order valence-electron chi connectivity index (χ3n) is 2.34. The van der Waals surface area contributed by atoms with Crippen molar-refractivity contribution in [3.63, 3.8) is 0 Å². The number of methoxy groups -OCH3 is 2. The maximum absolute atomic E-state index is 10.8. The van der Waals surface area contributed by atoms with Gasteiger partial charge >= 0.3 is 0 Å². The number of carbonyl (C=O) groups is 1. The van der Waals surface area contributed by atoms with E-state index in [9.17, 15) is 4.79 Å². The largest absolute Gasteiger partial charge is 0.497 e. The second-order valence-corrected chi connectivity index (χ2v) is 3.30. The number of benzene rings is 1. The van der Waals surface area contributed by atoms with Crippen molar-refractivity contribution in [2.75, 3.05) is 14.2 Å². The van der Waals surface area contributed by atoms with E-state index < -0.39 is 0 Å². The van der Waals surface area contributed by atoms with Crippen molar-refractivity contribution in [3.05, 3.63) is 29.3 Å². The van der Waals surface area contributed by atoms with Gasteiger partial charge in [0.2, 0.25) is 0 Å². The first-order valence-electron chi connectivity index (χ1n) is 5.13. The van der Waals surface area contributed by atoms with Crippen molar-refractivity contribution in [2.24, 2.45) is 0 Å². The third kappa shape index (κ3) is 2.86. The predicted octanol–water partition coefficient (Wildman–Crippen LogP) is 2.70. The van der Waals surface area contributed by atoms with Gasteiger partial charge in [0.15, 0.2) is 0 Å². The minimum Gasteiger partial charge on any atom is -0.497 e. The summed E-state index contributed by atoms with van der Waals surface area (Å²) in [6.07, 6.45) is 3.37. The molecule has 0 fully saturated rings. The van der Waals surface area contributed by atoms with E-state index in [-0.39, 0.29) is 0 Å². The van der Waals surface area contributed by atoms with Gasteiger partial charge in [0.1, 0.15) is 17.8 Å². The van der Waals surface area contributed by atoms with E-state index in [1.54, 1.807) is 14.2 Å². The monoisotopic (exact) mass is 220 g/mol. The normalized spacial score (nSPS) is 11.1. The molecule has 1 aromatic rings. The standard InChI is InChI=1S/C13H16O3/c1-4-10(9-14)7-11-8-12(15-2)5-6-13(11)16-3/h5-9H,4H2,1-3H3/b10-7+. The first kappa shape index (κ1) is 12.3. The van der Waals surface area contributed by atoms with Crippen molar-refractivity contribution in [1.29, 1.82) is 0 Å². The molecule has 16 heavy (non-hydrogen) atoms. The molecule has 0 unspecified atom stereocenters. The van der Waals surface area contributed by atoms with Crippen LogP contribution in [0.4, 0.5) is 0 Å². The molecule has 0 aliphatic carbocycles. The SMILES string of the molecule is CC/C(C=O)=C\c1cc(OC)ccc1OC. The number of hydrogen-bond acceptors (Lipinski definition) is 3. The Kier molecular flexibility index (Phi) is 4.58. The van der Waals surface area contributed by atoms with Gasteiger partial charge in [-0.1, -0.05) is 6.92 Å². The van der Waals surface area contributed by atoms with Crippen LogP contribution < -0.4 is 9.47 Å². The molecule has 3 heteroatoms. The van der Waals surface area contributed by atoms with E-state index in [2.05, 4.69) is 0 Å². The molecule has 0 aliphatic rings. The van der Waals surface area contributed by atoms with Crippen molar-refractivity contribution in [1.82, 2.24) is 0 Å². The molecule has 1 aromatic carbocycles. The lowest BCUT2D eigenvalue weighted by atomic mass is 10.1. The van der Waals surface area contributed by atoms with Crippen molar-refractivity contribution < 1.29 is 14.3 Å². The molecule has 0 saturated heterocycles. The molecule has 0 N–H and O–H groups in total. The van der Waals surface area contributed by atoms with Crippen molar-refractivity contribution in [3.8, 4) is 11.5 Å². The summed E-state index contributed by atoms with van der Waals surface area (Å²) in [6.45, 7) is 1.94. The Labute approximate surface area is 95.7 Å². The summed E-state index contributed by atoms with van der Waals surface area (Å²) in [6, 6.07) is 5.49. The molecule has 0 heterocycles. The molecule has 0 radical (unpaired) electrons. The Balaban J connectivity index is 3.17. The van der Waals surface area contributed by atoms with Gasteiger partial charge in [-0.05, 0) is 36.3 Å². The van der Waals surface area contributed by atoms with E-state index in [0.29, 0.717) is 6.42 Å². The van der Waals surface area contributed by atoms with Gasteiger partial charge in [0, 0.05) is 5.56 Å². The van der Waals surface area contributed by atoms with Crippen molar-refractivity contribution >= 4 is 12.4 Å². The molecule has 0 saturated carbocycles. The van der Waals surface area contributed by atoms with Gasteiger partial charge in [-0.25, -0.2) is 0 Å². The average Bonchev–Trinajstić information content (AvgIpc) is 2.35. The Hall–Kier alpha value is -1.77. The Morgan fingerprint density at radius 2 is 2.06 bits per heavy atom. The van der Waals surface area contributed by atoms with Crippen LogP contribution in [0.3, 0.4) is 0 Å². The maximum atomic E-state index is 10.8. The van der Waals surface area contributed by atoms with Crippen LogP contribution in [0.5, 0.6) is 11.5 Å². The Morgan fingerprint density at radius 1 is 1.31 bits per heavy atom. The van der Waals surface area contributed by atoms with Crippen molar-refractivity contribution in [2.45, 2.75) is 13.3 Å². The van der Waals surface area contributed by atoms with Crippen LogP contribution in [0.15, 0.2) is 23.8 Å². The van der Waals surface area contributed by atoms with E-state index >= 15 is 0 Å². The van der Waals surface area contributed by atoms with Crippen LogP contribution in [0.2, 0.25) is 0 Å². The molecule has 0 aliphatic heterocycles. The second kappa shape index (κ2) is 5.95. The molecular weight excluding hydrogens is 204 g/mol. The fourth-order valence-electron chi connectivity index (χ4n) is 1.37. The zero-order valence-electron chi connectivity index (χ0n) is 9.82. The summed E-state index contributed by atoms with van der Waals surface area (Å²) < 4.78 is 10.3. The quantitative estimate of drug-likeness (QED) is 0.565. The van der Waals surface area contributed by atoms with Crippen LogP contribution in [-0.4, -0.2) is 20.5 Å². The zero-order valence-corrected chi connectivity index (χ0v) is 9.82. The highest BCUT2D eigenvalue weighted by atomic mass is 16.5. The molecule has 0 aromatic heterocycles. The van der Waals surface area contributed by atoms with Gasteiger partial charge < -0.3 is 9.47 Å². The maximum Gasteiger partial charge on any atom is 0.146 e. The smallest absolute Gasteiger partial charge is 0.146 e. The second-order valence-electron chi connectivity index (χ2n) is 3.30. The predicted molar refractivity (Wildman–Crippen MR) is 63.9 cm³/mol. The fraction of sp³-hybridized carbons (Fsp3) is 0.308. The van der Waals surface area contributed by atoms with E-state index in [4.69, 9.17) is 9.47 Å². The highest BCUT2D eigenvalue weighted by molar-refractivity contribution is 5.82. The molecule has 86 valence electrons. The average molecular weight is 220 g/mol. The molecule has 0 amide bonds. The first-order valence-corrected chi connectivity index (χ1v) is 5.13. The van der Waals surface area contributed by atoms with E-state index in [1.165, 1.54) is 0 Å². The van der Waals surface area contributed by atoms with Gasteiger partial charge in [0.05, 0.1) is 14.2 Å². The lowest BCUT2D eigenvalue weighted by Crippen LogP contribution is -1.91. The highest BCUT2D eigenvalue weighted by Gasteiger charge is 2.03. The van der Waals surface area contributed by atoms with Gasteiger partial charge in [0.25, 0.3) is 0 Å². The summed E-state index contributed by atoms with van der Waals surface area (Å²) >= 11 is 0. The molecule has 3 nitrogen and oxygen atoms in total. The summed E-state index contributed by atoms with van der Waals surface area (Å²) in [5, 5.41) is 0. The number of aldehydes is 1. The minimum atomic E-state index is 0.698. The number of carbonyl (C=O) groups excluding carboxylic acids is 1. The molecule has 0 atom stereocenters. The molecule has 1 rings (SSSR count). The van der Waals surface area contributed by atoms with Gasteiger partial charge in [-0.2, -0.15) is 0 Å². The lowest BCUT2D eigenvalue weighted by Gasteiger charge is -2.07. The van der Waals surface area contributed by atoms with Crippen LogP contribution >= 0.6 is 0 Å². The van der Waals surface area contributed by atoms with Gasteiger partial charge in [-0.3, -0.25) is 4.79 Å². The number of hydrogen-bond donors (Lipinski definition) is 0. The van der Waals surface area contributed by atoms with Crippen LogP contribution in [-0.2, 0) is 4.79 Å². The summed E-state index contributed by atoms with van der Waals surface area (Å²) in [5.74, 6) is 1.47. The topological polar surface area (TPSA) is 35.5 Å². The summed E-state index contributed by atoms with van der Waals surface area (Å²) in [7, 11) is 3.21. The molecular formula is C13H16O3. The van der Waals surface area contributed by atoms with Crippen LogP contribution in [0.1, 0.15) is 18.9 Å². The lowest BCUT2D eigenvalue weighted by molar-refractivity contribution is -0.104. The Morgan fingerprint density at radius 3 is 2.56 bits per heavy atom. The molecule has 0 spiro atoms. The van der Waals surface area contributed by atoms with E-state index in [1.807, 2.05) is 31.2 Å². The first-order chi connectivity index (χ1) is 7.74. The van der Waals surface area contributed by atoms with Gasteiger partial charge in [-0.15, -0.1) is 0 Å². The zero-order chi connectivity index (χ0) is 12.0.